The zero-order valence-corrected chi connectivity index (χ0v) is 11.6. The molecular weight excluding hydrogens is 275 g/mol. The number of methoxy groups -OCH3 is 2. The fourth-order valence-corrected chi connectivity index (χ4v) is 1.85. The van der Waals surface area contributed by atoms with Crippen molar-refractivity contribution in [3.8, 4) is 5.75 Å². The van der Waals surface area contributed by atoms with E-state index in [2.05, 4.69) is 5.32 Å². The molecule has 0 amide bonds. The van der Waals surface area contributed by atoms with Gasteiger partial charge < -0.3 is 20.5 Å². The van der Waals surface area contributed by atoms with Gasteiger partial charge >= 0.3 is 5.97 Å². The lowest BCUT2D eigenvalue weighted by molar-refractivity contribution is 0.0602. The van der Waals surface area contributed by atoms with Crippen LogP contribution in [0.2, 0.25) is 0 Å². The Morgan fingerprint density at radius 2 is 1.95 bits per heavy atom. The first-order valence-electron chi connectivity index (χ1n) is 6.13. The van der Waals surface area contributed by atoms with Crippen LogP contribution in [0.5, 0.6) is 5.75 Å². The molecule has 0 unspecified atom stereocenters. The number of nitrogen functional groups attached to an aromatic ring is 1. The zero-order valence-electron chi connectivity index (χ0n) is 11.6. The van der Waals surface area contributed by atoms with Crippen molar-refractivity contribution in [2.24, 2.45) is 0 Å². The second-order valence-corrected chi connectivity index (χ2v) is 4.27. The Kier molecular flexibility index (Phi) is 4.27. The number of esters is 1. The van der Waals surface area contributed by atoms with E-state index in [-0.39, 0.29) is 11.3 Å². The number of nitrogens with one attached hydrogen (secondary N) is 1. The van der Waals surface area contributed by atoms with Gasteiger partial charge in [0.25, 0.3) is 0 Å². The Morgan fingerprint density at radius 1 is 1.19 bits per heavy atom. The summed E-state index contributed by atoms with van der Waals surface area (Å²) in [6, 6.07) is 9.16. The third kappa shape index (κ3) is 3.22. The van der Waals surface area contributed by atoms with Gasteiger partial charge in [-0.25, -0.2) is 9.18 Å². The van der Waals surface area contributed by atoms with Crippen molar-refractivity contribution in [2.45, 2.75) is 0 Å². The highest BCUT2D eigenvalue weighted by Gasteiger charge is 2.13. The molecule has 0 radical (unpaired) electrons. The van der Waals surface area contributed by atoms with E-state index in [9.17, 15) is 9.18 Å². The van der Waals surface area contributed by atoms with Crippen molar-refractivity contribution < 1.29 is 18.7 Å². The number of carbonyl (C=O) groups excluding carboxylic acids is 1. The van der Waals surface area contributed by atoms with Crippen LogP contribution in [0, 0.1) is 5.82 Å². The summed E-state index contributed by atoms with van der Waals surface area (Å²) < 4.78 is 23.2. The molecule has 0 atom stereocenters. The lowest BCUT2D eigenvalue weighted by Gasteiger charge is -2.12. The van der Waals surface area contributed by atoms with Gasteiger partial charge in [0, 0.05) is 17.4 Å². The number of ether oxygens (including phenoxy) is 2. The van der Waals surface area contributed by atoms with Crippen molar-refractivity contribution in [1.82, 2.24) is 0 Å². The largest absolute Gasteiger partial charge is 0.494 e. The minimum Gasteiger partial charge on any atom is -0.494 e. The Labute approximate surface area is 121 Å². The number of hydrogen-bond donors (Lipinski definition) is 2. The van der Waals surface area contributed by atoms with E-state index in [1.807, 2.05) is 0 Å². The van der Waals surface area contributed by atoms with Gasteiger partial charge in [-0.2, -0.15) is 0 Å². The molecule has 0 aliphatic rings. The molecule has 0 saturated carbocycles. The SMILES string of the molecule is COC(=O)c1cc(N)ccc1Nc1ccc(OC)c(F)c1. The summed E-state index contributed by atoms with van der Waals surface area (Å²) in [6.07, 6.45) is 0. The van der Waals surface area contributed by atoms with E-state index in [1.54, 1.807) is 18.2 Å². The van der Waals surface area contributed by atoms with Crippen LogP contribution >= 0.6 is 0 Å². The van der Waals surface area contributed by atoms with Crippen molar-refractivity contribution in [3.63, 3.8) is 0 Å². The van der Waals surface area contributed by atoms with Crippen LogP contribution in [0.25, 0.3) is 0 Å². The minimum atomic E-state index is -0.529. The topological polar surface area (TPSA) is 73.6 Å². The molecule has 6 heteroatoms. The van der Waals surface area contributed by atoms with Gasteiger partial charge in [0.15, 0.2) is 11.6 Å². The van der Waals surface area contributed by atoms with Crippen LogP contribution in [-0.4, -0.2) is 20.2 Å². The maximum Gasteiger partial charge on any atom is 0.340 e. The summed E-state index contributed by atoms with van der Waals surface area (Å²) in [7, 11) is 2.67. The first-order chi connectivity index (χ1) is 10.0. The fourth-order valence-electron chi connectivity index (χ4n) is 1.85. The predicted molar refractivity (Wildman–Crippen MR) is 78.4 cm³/mol. The number of nitrogens with two attached hydrogens (primary N) is 1. The second kappa shape index (κ2) is 6.13. The maximum atomic E-state index is 13.7. The third-order valence-electron chi connectivity index (χ3n) is 2.88. The van der Waals surface area contributed by atoms with Crippen LogP contribution < -0.4 is 15.8 Å². The van der Waals surface area contributed by atoms with Crippen LogP contribution in [0.4, 0.5) is 21.5 Å². The first kappa shape index (κ1) is 14.6. The van der Waals surface area contributed by atoms with Crippen molar-refractivity contribution in [2.75, 3.05) is 25.3 Å². The van der Waals surface area contributed by atoms with Crippen molar-refractivity contribution >= 4 is 23.0 Å². The van der Waals surface area contributed by atoms with E-state index < -0.39 is 11.8 Å². The number of benzene rings is 2. The van der Waals surface area contributed by atoms with Gasteiger partial charge in [-0.3, -0.25) is 0 Å². The summed E-state index contributed by atoms with van der Waals surface area (Å²) in [4.78, 5) is 11.7. The number of carbonyl (C=O) groups is 1. The molecule has 0 aromatic heterocycles. The summed E-state index contributed by atoms with van der Waals surface area (Å²) in [5.74, 6) is -0.887. The van der Waals surface area contributed by atoms with E-state index in [1.165, 1.54) is 32.4 Å². The summed E-state index contributed by atoms with van der Waals surface area (Å²) >= 11 is 0. The second-order valence-electron chi connectivity index (χ2n) is 4.27. The molecule has 0 aliphatic heterocycles. The standard InChI is InChI=1S/C15H15FN2O3/c1-20-14-6-4-10(8-12(14)16)18-13-5-3-9(17)7-11(13)15(19)21-2/h3-8,18H,17H2,1-2H3. The van der Waals surface area contributed by atoms with Gasteiger partial charge in [-0.1, -0.05) is 0 Å². The van der Waals surface area contributed by atoms with Crippen LogP contribution in [0.3, 0.4) is 0 Å². The Morgan fingerprint density at radius 3 is 2.57 bits per heavy atom. The summed E-state index contributed by atoms with van der Waals surface area (Å²) in [5, 5.41) is 2.96. The Bertz CT molecular complexity index is 674. The molecular formula is C15H15FN2O3. The molecule has 3 N–H and O–H groups in total. The maximum absolute atomic E-state index is 13.7. The lowest BCUT2D eigenvalue weighted by Crippen LogP contribution is -2.06. The van der Waals surface area contributed by atoms with E-state index in [0.29, 0.717) is 17.1 Å². The number of anilines is 3. The molecule has 0 fully saturated rings. The number of halogens is 1. The van der Waals surface area contributed by atoms with Crippen LogP contribution in [-0.2, 0) is 4.74 Å². The third-order valence-corrected chi connectivity index (χ3v) is 2.88. The van der Waals surface area contributed by atoms with E-state index in [0.717, 1.165) is 0 Å². The molecule has 110 valence electrons. The van der Waals surface area contributed by atoms with Crippen molar-refractivity contribution in [1.29, 1.82) is 0 Å². The zero-order chi connectivity index (χ0) is 15.4. The van der Waals surface area contributed by atoms with Crippen LogP contribution in [0.1, 0.15) is 10.4 Å². The van der Waals surface area contributed by atoms with Crippen LogP contribution in [0.15, 0.2) is 36.4 Å². The lowest BCUT2D eigenvalue weighted by atomic mass is 10.1. The molecule has 2 rings (SSSR count). The van der Waals surface area contributed by atoms with Crippen molar-refractivity contribution in [3.05, 3.63) is 47.8 Å². The fraction of sp³-hybridized carbons (Fsp3) is 0.133. The van der Waals surface area contributed by atoms with Gasteiger partial charge in [-0.15, -0.1) is 0 Å². The summed E-state index contributed by atoms with van der Waals surface area (Å²) in [6.45, 7) is 0. The number of rotatable bonds is 4. The first-order valence-corrected chi connectivity index (χ1v) is 6.13. The molecule has 0 heterocycles. The Balaban J connectivity index is 2.35. The van der Waals surface area contributed by atoms with E-state index in [4.69, 9.17) is 15.2 Å². The molecule has 0 aliphatic carbocycles. The highest BCUT2D eigenvalue weighted by atomic mass is 19.1. The molecule has 0 bridgehead atoms. The Hall–Kier alpha value is -2.76. The molecule has 2 aromatic rings. The molecule has 0 spiro atoms. The molecule has 2 aromatic carbocycles. The normalized spacial score (nSPS) is 10.0. The van der Waals surface area contributed by atoms with Gasteiger partial charge in [0.2, 0.25) is 0 Å². The highest BCUT2D eigenvalue weighted by molar-refractivity contribution is 5.97. The minimum absolute atomic E-state index is 0.144. The molecule has 5 nitrogen and oxygen atoms in total. The van der Waals surface area contributed by atoms with E-state index >= 15 is 0 Å². The molecule has 21 heavy (non-hydrogen) atoms. The van der Waals surface area contributed by atoms with Gasteiger partial charge in [0.1, 0.15) is 0 Å². The monoisotopic (exact) mass is 290 g/mol. The molecule has 0 saturated heterocycles. The van der Waals surface area contributed by atoms with Gasteiger partial charge in [0.05, 0.1) is 25.5 Å². The smallest absolute Gasteiger partial charge is 0.340 e. The quantitative estimate of drug-likeness (QED) is 0.669. The average molecular weight is 290 g/mol. The average Bonchev–Trinajstić information content (AvgIpc) is 2.48. The predicted octanol–water partition coefficient (Wildman–Crippen LogP) is 2.95. The summed E-state index contributed by atoms with van der Waals surface area (Å²) in [5.41, 5.74) is 7.32. The number of hydrogen-bond acceptors (Lipinski definition) is 5. The highest BCUT2D eigenvalue weighted by Crippen LogP contribution is 2.27. The van der Waals surface area contributed by atoms with Gasteiger partial charge in [-0.05, 0) is 30.3 Å².